The first-order valence-electron chi connectivity index (χ1n) is 10.5. The topological polar surface area (TPSA) is 58.6 Å². The number of rotatable bonds is 11. The molecule has 7 heteroatoms. The maximum Gasteiger partial charge on any atom is 0.242 e. The Morgan fingerprint density at radius 1 is 1.03 bits per heavy atom. The Morgan fingerprint density at radius 2 is 1.71 bits per heavy atom. The number of hydrogen-bond donors (Lipinski definition) is 1. The van der Waals surface area contributed by atoms with E-state index >= 15 is 0 Å². The lowest BCUT2D eigenvalue weighted by Crippen LogP contribution is -2.49. The van der Waals surface area contributed by atoms with Crippen molar-refractivity contribution in [3.05, 3.63) is 63.6 Å². The van der Waals surface area contributed by atoms with Crippen molar-refractivity contribution in [2.24, 2.45) is 0 Å². The van der Waals surface area contributed by atoms with Crippen LogP contribution in [0.25, 0.3) is 0 Å². The molecule has 2 rings (SSSR count). The van der Waals surface area contributed by atoms with Gasteiger partial charge in [0.2, 0.25) is 11.8 Å². The molecule has 168 valence electrons. The molecular formula is C24H30Cl2N2O3. The van der Waals surface area contributed by atoms with Crippen molar-refractivity contribution in [1.82, 2.24) is 10.2 Å². The summed E-state index contributed by atoms with van der Waals surface area (Å²) in [6.45, 7) is 4.91. The van der Waals surface area contributed by atoms with E-state index in [4.69, 9.17) is 27.9 Å². The van der Waals surface area contributed by atoms with E-state index in [-0.39, 0.29) is 18.2 Å². The molecule has 0 saturated carbocycles. The Kier molecular flexibility index (Phi) is 10.2. The molecule has 1 atom stereocenters. The maximum absolute atomic E-state index is 13.3. The predicted octanol–water partition coefficient (Wildman–Crippen LogP) is 5.27. The van der Waals surface area contributed by atoms with Crippen LogP contribution in [0, 0.1) is 0 Å². The van der Waals surface area contributed by atoms with Crippen LogP contribution in [0.1, 0.15) is 44.2 Å². The highest BCUT2D eigenvalue weighted by molar-refractivity contribution is 6.42. The number of amides is 2. The SMILES string of the molecule is CCCCNC(=O)[C@@H](CC)N(Cc1ccc(OC)cc1)C(=O)Cc1ccc(Cl)c(Cl)c1. The number of carbonyl (C=O) groups is 2. The fourth-order valence-electron chi connectivity index (χ4n) is 3.28. The van der Waals surface area contributed by atoms with E-state index in [1.807, 2.05) is 31.2 Å². The average Bonchev–Trinajstić information content (AvgIpc) is 2.76. The standard InChI is InChI=1S/C24H30Cl2N2O3/c1-4-6-13-27-24(30)22(5-2)28(16-17-7-10-19(31-3)11-8-17)23(29)15-18-9-12-20(25)21(26)14-18/h7-12,14,22H,4-6,13,15-16H2,1-3H3,(H,27,30)/t22-/m1/s1. The minimum Gasteiger partial charge on any atom is -0.497 e. The summed E-state index contributed by atoms with van der Waals surface area (Å²) in [5.41, 5.74) is 1.67. The molecule has 0 aliphatic heterocycles. The van der Waals surface area contributed by atoms with E-state index in [0.29, 0.717) is 29.6 Å². The van der Waals surface area contributed by atoms with Crippen LogP contribution >= 0.6 is 23.2 Å². The molecule has 31 heavy (non-hydrogen) atoms. The summed E-state index contributed by atoms with van der Waals surface area (Å²) < 4.78 is 5.22. The zero-order valence-electron chi connectivity index (χ0n) is 18.3. The van der Waals surface area contributed by atoms with Gasteiger partial charge in [-0.3, -0.25) is 9.59 Å². The highest BCUT2D eigenvalue weighted by Crippen LogP contribution is 2.24. The first-order valence-corrected chi connectivity index (χ1v) is 11.3. The molecule has 0 aromatic heterocycles. The number of methoxy groups -OCH3 is 1. The van der Waals surface area contributed by atoms with Gasteiger partial charge < -0.3 is 15.0 Å². The maximum atomic E-state index is 13.3. The van der Waals surface area contributed by atoms with E-state index in [2.05, 4.69) is 12.2 Å². The summed E-state index contributed by atoms with van der Waals surface area (Å²) >= 11 is 12.1. The number of halogens is 2. The molecule has 0 radical (unpaired) electrons. The minimum absolute atomic E-state index is 0.131. The fourth-order valence-corrected chi connectivity index (χ4v) is 3.60. The average molecular weight is 465 g/mol. The van der Waals surface area contributed by atoms with E-state index in [0.717, 1.165) is 29.7 Å². The molecule has 0 aliphatic rings. The quantitative estimate of drug-likeness (QED) is 0.460. The van der Waals surface area contributed by atoms with Gasteiger partial charge in [-0.25, -0.2) is 0 Å². The Labute approximate surface area is 194 Å². The van der Waals surface area contributed by atoms with Crippen molar-refractivity contribution in [3.63, 3.8) is 0 Å². The van der Waals surface area contributed by atoms with Gasteiger partial charge >= 0.3 is 0 Å². The lowest BCUT2D eigenvalue weighted by atomic mass is 10.1. The van der Waals surface area contributed by atoms with Crippen molar-refractivity contribution < 1.29 is 14.3 Å². The molecule has 0 unspecified atom stereocenters. The second-order valence-electron chi connectivity index (χ2n) is 7.36. The summed E-state index contributed by atoms with van der Waals surface area (Å²) in [6.07, 6.45) is 2.54. The van der Waals surface area contributed by atoms with Gasteiger partial charge in [-0.05, 0) is 48.2 Å². The zero-order valence-corrected chi connectivity index (χ0v) is 19.8. The van der Waals surface area contributed by atoms with Crippen molar-refractivity contribution in [2.45, 2.75) is 52.1 Å². The molecular weight excluding hydrogens is 435 g/mol. The van der Waals surface area contributed by atoms with Crippen LogP contribution in [0.15, 0.2) is 42.5 Å². The Morgan fingerprint density at radius 3 is 2.29 bits per heavy atom. The zero-order chi connectivity index (χ0) is 22.8. The first-order chi connectivity index (χ1) is 14.9. The van der Waals surface area contributed by atoms with Crippen LogP contribution < -0.4 is 10.1 Å². The second kappa shape index (κ2) is 12.6. The lowest BCUT2D eigenvalue weighted by Gasteiger charge is -2.31. The molecule has 0 saturated heterocycles. The highest BCUT2D eigenvalue weighted by atomic mass is 35.5. The number of unbranched alkanes of at least 4 members (excludes halogenated alkanes) is 1. The van der Waals surface area contributed by atoms with Crippen molar-refractivity contribution in [3.8, 4) is 5.75 Å². The smallest absolute Gasteiger partial charge is 0.242 e. The normalized spacial score (nSPS) is 11.6. The third-order valence-corrected chi connectivity index (χ3v) is 5.81. The Hall–Kier alpha value is -2.24. The summed E-state index contributed by atoms with van der Waals surface area (Å²) in [4.78, 5) is 27.8. The number of ether oxygens (including phenoxy) is 1. The van der Waals surface area contributed by atoms with Gasteiger partial charge in [-0.2, -0.15) is 0 Å². The van der Waals surface area contributed by atoms with E-state index in [1.54, 1.807) is 30.2 Å². The van der Waals surface area contributed by atoms with E-state index in [1.165, 1.54) is 0 Å². The Bertz CT molecular complexity index is 872. The van der Waals surface area contributed by atoms with Crippen molar-refractivity contribution in [2.75, 3.05) is 13.7 Å². The lowest BCUT2D eigenvalue weighted by molar-refractivity contribution is -0.140. The minimum atomic E-state index is -0.561. The van der Waals surface area contributed by atoms with E-state index in [9.17, 15) is 9.59 Å². The molecule has 2 aromatic carbocycles. The van der Waals surface area contributed by atoms with Gasteiger partial charge in [-0.1, -0.05) is 61.7 Å². The Balaban J connectivity index is 2.26. The van der Waals surface area contributed by atoms with Crippen LogP contribution in [0.5, 0.6) is 5.75 Å². The monoisotopic (exact) mass is 464 g/mol. The van der Waals surface area contributed by atoms with Gasteiger partial charge in [0, 0.05) is 13.1 Å². The molecule has 0 fully saturated rings. The van der Waals surface area contributed by atoms with Crippen LogP contribution in [-0.4, -0.2) is 36.4 Å². The van der Waals surface area contributed by atoms with Gasteiger partial charge in [0.1, 0.15) is 11.8 Å². The second-order valence-corrected chi connectivity index (χ2v) is 8.18. The van der Waals surface area contributed by atoms with Crippen LogP contribution in [-0.2, 0) is 22.6 Å². The molecule has 1 N–H and O–H groups in total. The summed E-state index contributed by atoms with van der Waals surface area (Å²) in [7, 11) is 1.61. The number of carbonyl (C=O) groups excluding carboxylic acids is 2. The van der Waals surface area contributed by atoms with Gasteiger partial charge in [0.25, 0.3) is 0 Å². The first kappa shape index (κ1) is 25.0. The van der Waals surface area contributed by atoms with Gasteiger partial charge in [0.15, 0.2) is 0 Å². The molecule has 0 heterocycles. The largest absolute Gasteiger partial charge is 0.497 e. The van der Waals surface area contributed by atoms with Crippen LogP contribution in [0.3, 0.4) is 0 Å². The third kappa shape index (κ3) is 7.44. The molecule has 2 aromatic rings. The number of nitrogens with zero attached hydrogens (tertiary/aromatic N) is 1. The fraction of sp³-hybridized carbons (Fsp3) is 0.417. The molecule has 0 spiro atoms. The number of nitrogens with one attached hydrogen (secondary N) is 1. The van der Waals surface area contributed by atoms with E-state index < -0.39 is 6.04 Å². The molecule has 5 nitrogen and oxygen atoms in total. The van der Waals surface area contributed by atoms with Crippen LogP contribution in [0.4, 0.5) is 0 Å². The third-order valence-electron chi connectivity index (χ3n) is 5.07. The predicted molar refractivity (Wildman–Crippen MR) is 126 cm³/mol. The van der Waals surface area contributed by atoms with Crippen molar-refractivity contribution in [1.29, 1.82) is 0 Å². The summed E-state index contributed by atoms with van der Waals surface area (Å²) in [6, 6.07) is 12.1. The summed E-state index contributed by atoms with van der Waals surface area (Å²) in [5.74, 6) is 0.459. The molecule has 0 bridgehead atoms. The molecule has 0 aliphatic carbocycles. The van der Waals surface area contributed by atoms with Crippen LogP contribution in [0.2, 0.25) is 10.0 Å². The number of hydrogen-bond acceptors (Lipinski definition) is 3. The van der Waals surface area contributed by atoms with Crippen molar-refractivity contribution >= 4 is 35.0 Å². The molecule has 2 amide bonds. The van der Waals surface area contributed by atoms with Gasteiger partial charge in [-0.15, -0.1) is 0 Å². The summed E-state index contributed by atoms with van der Waals surface area (Å²) in [5, 5.41) is 3.80. The van der Waals surface area contributed by atoms with Gasteiger partial charge in [0.05, 0.1) is 23.6 Å². The number of benzene rings is 2. The highest BCUT2D eigenvalue weighted by Gasteiger charge is 2.28.